The van der Waals surface area contributed by atoms with E-state index in [0.717, 1.165) is 65.0 Å². The first-order valence-corrected chi connectivity index (χ1v) is 22.4. The van der Waals surface area contributed by atoms with Crippen LogP contribution in [0.5, 0.6) is 11.5 Å². The summed E-state index contributed by atoms with van der Waals surface area (Å²) < 4.78 is 11.1. The van der Waals surface area contributed by atoms with Crippen molar-refractivity contribution in [2.24, 2.45) is 28.6 Å². The van der Waals surface area contributed by atoms with Gasteiger partial charge in [-0.05, 0) is 173 Å². The van der Waals surface area contributed by atoms with Crippen LogP contribution in [-0.4, -0.2) is 65.8 Å². The summed E-state index contributed by atoms with van der Waals surface area (Å²) in [6.07, 6.45) is 14.2. The molecule has 3 aromatic rings. The van der Waals surface area contributed by atoms with Crippen LogP contribution in [0.3, 0.4) is 0 Å². The number of aryl methyl sites for hydroxylation is 1. The molecule has 0 spiro atoms. The first-order valence-electron chi connectivity index (χ1n) is 21.6. The molecule has 7 aliphatic carbocycles. The zero-order valence-corrected chi connectivity index (χ0v) is 35.6. The van der Waals surface area contributed by atoms with Crippen molar-refractivity contribution in [2.75, 3.05) is 27.3 Å². The molecule has 5 saturated carbocycles. The minimum atomic E-state index is -1.18. The molecule has 8 heteroatoms. The Kier molecular flexibility index (Phi) is 11.3. The molecule has 0 saturated heterocycles. The number of aliphatic hydroxyl groups is 2. The molecule has 4 atom stereocenters. The van der Waals surface area contributed by atoms with Crippen molar-refractivity contribution in [1.29, 1.82) is 0 Å². The van der Waals surface area contributed by atoms with Gasteiger partial charge in [0.25, 0.3) is 0 Å². The first-order chi connectivity index (χ1) is 27.3. The van der Waals surface area contributed by atoms with E-state index in [1.807, 2.05) is 43.3 Å². The molecule has 10 rings (SSSR count). The smallest absolute Gasteiger partial charge is 0.227 e. The minimum Gasteiger partial charge on any atom is -0.493 e. The number of carbonyl (C=O) groups excluding carboxylic acids is 2. The molecule has 6 bridgehead atoms. The van der Waals surface area contributed by atoms with Gasteiger partial charge in [-0.15, -0.1) is 11.3 Å². The van der Waals surface area contributed by atoms with Crippen LogP contribution in [-0.2, 0) is 17.6 Å². The standard InChI is InChI=1S/C49H63NO6S/c1-31-7-6-17-47(3)41(39-13-10-33(22-38(51)12-8-31)23-40(39)46(53)44-15-9-32(2)57-44)16-18-49(47,54)30-50(29-48-26-35-19-36(27-48)21-37(20-35)28-48)45(52)25-34-11-14-42(55-4)43(24-34)56-5/h7,9-11,13-15,23-24,35-38,41,51,54H,6,8,12,16-22,25-30H2,1-5H3. The average Bonchev–Trinajstić information content (AvgIpc) is 3.72. The van der Waals surface area contributed by atoms with Gasteiger partial charge in [-0.1, -0.05) is 36.8 Å². The van der Waals surface area contributed by atoms with Gasteiger partial charge in [-0.3, -0.25) is 9.59 Å². The molecule has 1 amide bonds. The third-order valence-corrected chi connectivity index (χ3v) is 16.2. The maximum atomic E-state index is 14.9. The fourth-order valence-corrected chi connectivity index (χ4v) is 13.4. The number of methoxy groups -OCH3 is 2. The SMILES string of the molecule is COc1ccc(CC(=O)N(CC23CC4CC(CC(C4)C2)C3)CC2(O)CCC3c4ccc(cc4C(=O)c4ccc(C)s4)CC(O)CCC(C)=CCCC32C)cc1OC. The molecular weight excluding hydrogens is 731 g/mol. The third-order valence-electron chi connectivity index (χ3n) is 15.2. The summed E-state index contributed by atoms with van der Waals surface area (Å²) in [6, 6.07) is 15.9. The van der Waals surface area contributed by atoms with E-state index in [1.165, 1.54) is 55.4 Å². The summed E-state index contributed by atoms with van der Waals surface area (Å²) in [5.41, 5.74) is 3.02. The van der Waals surface area contributed by atoms with Crippen LogP contribution >= 0.6 is 11.3 Å². The van der Waals surface area contributed by atoms with Gasteiger partial charge in [0.05, 0.1) is 37.2 Å². The highest BCUT2D eigenvalue weighted by molar-refractivity contribution is 7.14. The number of hydrogen-bond acceptors (Lipinski definition) is 7. The van der Waals surface area contributed by atoms with Crippen molar-refractivity contribution in [3.63, 3.8) is 0 Å². The molecule has 2 aromatic carbocycles. The van der Waals surface area contributed by atoms with Crippen LogP contribution in [0.2, 0.25) is 0 Å². The molecule has 4 unspecified atom stereocenters. The summed E-state index contributed by atoms with van der Waals surface area (Å²) in [7, 11) is 3.24. The van der Waals surface area contributed by atoms with Crippen LogP contribution in [0.15, 0.2) is 60.2 Å². The molecule has 7 aliphatic rings. The summed E-state index contributed by atoms with van der Waals surface area (Å²) in [4.78, 5) is 33.3. The number of carbonyl (C=O) groups is 2. The third kappa shape index (κ3) is 8.00. The van der Waals surface area contributed by atoms with E-state index in [2.05, 4.69) is 37.0 Å². The molecule has 0 aliphatic heterocycles. The Morgan fingerprint density at radius 3 is 2.26 bits per heavy atom. The van der Waals surface area contributed by atoms with Gasteiger partial charge in [-0.2, -0.15) is 0 Å². The lowest BCUT2D eigenvalue weighted by Crippen LogP contribution is -2.58. The van der Waals surface area contributed by atoms with E-state index >= 15 is 0 Å². The Morgan fingerprint density at radius 2 is 1.60 bits per heavy atom. The Morgan fingerprint density at radius 1 is 0.877 bits per heavy atom. The predicted molar refractivity (Wildman–Crippen MR) is 226 cm³/mol. The lowest BCUT2D eigenvalue weighted by molar-refractivity contribution is -0.148. The summed E-state index contributed by atoms with van der Waals surface area (Å²) in [5.74, 6) is 3.43. The number of rotatable bonds is 10. The second-order valence-corrected chi connectivity index (χ2v) is 20.5. The molecule has 57 heavy (non-hydrogen) atoms. The van der Waals surface area contributed by atoms with Crippen molar-refractivity contribution in [2.45, 2.75) is 128 Å². The van der Waals surface area contributed by atoms with E-state index in [1.54, 1.807) is 14.2 Å². The number of fused-ring (bicyclic) bond motifs is 8. The van der Waals surface area contributed by atoms with E-state index in [0.29, 0.717) is 47.7 Å². The van der Waals surface area contributed by atoms with Gasteiger partial charge >= 0.3 is 0 Å². The molecule has 1 aromatic heterocycles. The van der Waals surface area contributed by atoms with Crippen LogP contribution in [0, 0.1) is 35.5 Å². The largest absolute Gasteiger partial charge is 0.493 e. The highest BCUT2D eigenvalue weighted by atomic mass is 32.1. The van der Waals surface area contributed by atoms with Gasteiger partial charge in [0.2, 0.25) is 11.7 Å². The average molecular weight is 794 g/mol. The zero-order chi connectivity index (χ0) is 40.1. The Balaban J connectivity index is 1.18. The Hall–Kier alpha value is -3.46. The molecule has 306 valence electrons. The van der Waals surface area contributed by atoms with Crippen molar-refractivity contribution >= 4 is 23.0 Å². The van der Waals surface area contributed by atoms with E-state index in [4.69, 9.17) is 9.47 Å². The van der Waals surface area contributed by atoms with Crippen LogP contribution in [0.25, 0.3) is 0 Å². The van der Waals surface area contributed by atoms with Gasteiger partial charge in [0.1, 0.15) is 0 Å². The number of benzene rings is 2. The Bertz CT molecular complexity index is 1980. The van der Waals surface area contributed by atoms with E-state index in [9.17, 15) is 19.8 Å². The number of hydrogen-bond donors (Lipinski definition) is 2. The molecule has 2 N–H and O–H groups in total. The highest BCUT2D eigenvalue weighted by Crippen LogP contribution is 2.62. The summed E-state index contributed by atoms with van der Waals surface area (Å²) in [5, 5.41) is 24.5. The van der Waals surface area contributed by atoms with E-state index in [-0.39, 0.29) is 36.0 Å². The van der Waals surface area contributed by atoms with Gasteiger partial charge in [0.15, 0.2) is 11.5 Å². The number of nitrogens with zero attached hydrogens (tertiary/aromatic N) is 1. The number of aliphatic hydroxyl groups excluding tert-OH is 1. The quantitative estimate of drug-likeness (QED) is 0.157. The predicted octanol–water partition coefficient (Wildman–Crippen LogP) is 9.63. The molecule has 7 nitrogen and oxygen atoms in total. The fraction of sp³-hybridized carbons (Fsp3) is 0.592. The molecule has 5 fully saturated rings. The van der Waals surface area contributed by atoms with Crippen LogP contribution in [0.4, 0.5) is 0 Å². The maximum Gasteiger partial charge on any atom is 0.227 e. The van der Waals surface area contributed by atoms with Gasteiger partial charge in [0, 0.05) is 28.9 Å². The van der Waals surface area contributed by atoms with Crippen molar-refractivity contribution in [1.82, 2.24) is 4.90 Å². The van der Waals surface area contributed by atoms with Crippen molar-refractivity contribution in [3.05, 3.63) is 92.2 Å². The van der Waals surface area contributed by atoms with E-state index < -0.39 is 17.1 Å². The first kappa shape index (κ1) is 40.3. The van der Waals surface area contributed by atoms with Gasteiger partial charge in [-0.25, -0.2) is 0 Å². The highest BCUT2D eigenvalue weighted by Gasteiger charge is 2.59. The number of amides is 1. The van der Waals surface area contributed by atoms with Crippen molar-refractivity contribution < 1.29 is 29.3 Å². The number of ether oxygens (including phenoxy) is 2. The molecular formula is C49H63NO6S. The minimum absolute atomic E-state index is 0.00797. The Labute approximate surface area is 343 Å². The van der Waals surface area contributed by atoms with Gasteiger partial charge < -0.3 is 24.6 Å². The number of allylic oxidation sites excluding steroid dienone is 2. The maximum absolute atomic E-state index is 14.9. The number of thiophene rings is 1. The molecule has 1 heterocycles. The van der Waals surface area contributed by atoms with Crippen molar-refractivity contribution in [3.8, 4) is 11.5 Å². The van der Waals surface area contributed by atoms with Crippen LogP contribution in [0.1, 0.15) is 134 Å². The summed E-state index contributed by atoms with van der Waals surface area (Å²) in [6.45, 7) is 7.37. The molecule has 0 radical (unpaired) electrons. The second-order valence-electron chi connectivity index (χ2n) is 19.2. The normalized spacial score (nSPS) is 32.1. The number of ketones is 1. The fourth-order valence-electron chi connectivity index (χ4n) is 12.6. The zero-order valence-electron chi connectivity index (χ0n) is 34.8. The second kappa shape index (κ2) is 16.0. The van der Waals surface area contributed by atoms with Crippen LogP contribution < -0.4 is 9.47 Å². The summed E-state index contributed by atoms with van der Waals surface area (Å²) >= 11 is 1.52. The monoisotopic (exact) mass is 793 g/mol. The lowest BCUT2D eigenvalue weighted by Gasteiger charge is -2.58. The topological polar surface area (TPSA) is 96.3 Å². The lowest BCUT2D eigenvalue weighted by atomic mass is 9.49.